The Bertz CT molecular complexity index is 738. The molecule has 0 aliphatic heterocycles. The first-order valence-corrected chi connectivity index (χ1v) is 8.12. The standard InChI is InChI=1S/C14H14BrF3N2O2S/c1-13(2,3)22-12(21)19-9-7-10-8(15)5-4-6-20(10)11(9)23-14(16,17)18/h4-7H,1-3H3,(H,19,21). The van der Waals surface area contributed by atoms with Gasteiger partial charge in [-0.2, -0.15) is 13.2 Å². The summed E-state index contributed by atoms with van der Waals surface area (Å²) in [5.74, 6) is 0. The van der Waals surface area contributed by atoms with Gasteiger partial charge >= 0.3 is 11.6 Å². The number of aromatic nitrogens is 1. The lowest BCUT2D eigenvalue weighted by atomic mass is 10.2. The Morgan fingerprint density at radius 2 is 2.00 bits per heavy atom. The molecule has 2 heterocycles. The van der Waals surface area contributed by atoms with Gasteiger partial charge in [0.2, 0.25) is 0 Å². The van der Waals surface area contributed by atoms with Gasteiger partial charge in [0, 0.05) is 22.4 Å². The molecule has 23 heavy (non-hydrogen) atoms. The van der Waals surface area contributed by atoms with Crippen LogP contribution in [-0.4, -0.2) is 21.6 Å². The number of alkyl halides is 3. The van der Waals surface area contributed by atoms with Crippen LogP contribution in [-0.2, 0) is 4.74 Å². The Hall–Kier alpha value is -1.35. The van der Waals surface area contributed by atoms with Crippen LogP contribution >= 0.6 is 27.7 Å². The molecule has 0 aliphatic carbocycles. The molecule has 0 radical (unpaired) electrons. The number of carbonyl (C=O) groups is 1. The molecule has 0 unspecified atom stereocenters. The lowest BCUT2D eigenvalue weighted by Gasteiger charge is -2.19. The molecule has 9 heteroatoms. The van der Waals surface area contributed by atoms with Crippen LogP contribution in [0.3, 0.4) is 0 Å². The van der Waals surface area contributed by atoms with Crippen LogP contribution in [0.1, 0.15) is 20.8 Å². The molecule has 2 aromatic heterocycles. The number of amides is 1. The predicted octanol–water partition coefficient (Wildman–Crippen LogP) is 5.66. The van der Waals surface area contributed by atoms with Gasteiger partial charge in [0.15, 0.2) is 0 Å². The number of hydrogen-bond acceptors (Lipinski definition) is 3. The topological polar surface area (TPSA) is 42.7 Å². The molecule has 0 saturated heterocycles. The quantitative estimate of drug-likeness (QED) is 0.649. The van der Waals surface area contributed by atoms with E-state index in [1.807, 2.05) is 0 Å². The van der Waals surface area contributed by atoms with Crippen LogP contribution in [0.4, 0.5) is 23.7 Å². The summed E-state index contributed by atoms with van der Waals surface area (Å²) in [5.41, 5.74) is -4.69. The minimum atomic E-state index is -4.49. The summed E-state index contributed by atoms with van der Waals surface area (Å²) < 4.78 is 45.5. The minimum Gasteiger partial charge on any atom is -0.444 e. The second-order valence-electron chi connectivity index (χ2n) is 5.65. The van der Waals surface area contributed by atoms with Crippen molar-refractivity contribution in [2.24, 2.45) is 0 Å². The van der Waals surface area contributed by atoms with Crippen LogP contribution in [0.25, 0.3) is 5.52 Å². The van der Waals surface area contributed by atoms with Crippen molar-refractivity contribution in [2.75, 3.05) is 5.32 Å². The van der Waals surface area contributed by atoms with E-state index >= 15 is 0 Å². The van der Waals surface area contributed by atoms with Gasteiger partial charge in [-0.05, 0) is 54.9 Å². The van der Waals surface area contributed by atoms with E-state index in [0.29, 0.717) is 9.99 Å². The third-order valence-electron chi connectivity index (χ3n) is 2.56. The maximum Gasteiger partial charge on any atom is 0.447 e. The average Bonchev–Trinajstić information content (AvgIpc) is 2.65. The molecule has 126 valence electrons. The Morgan fingerprint density at radius 3 is 2.57 bits per heavy atom. The van der Waals surface area contributed by atoms with Crippen molar-refractivity contribution in [1.29, 1.82) is 0 Å². The summed E-state index contributed by atoms with van der Waals surface area (Å²) in [6, 6.07) is 4.77. The van der Waals surface area contributed by atoms with Crippen LogP contribution < -0.4 is 5.32 Å². The number of carbonyl (C=O) groups excluding carboxylic acids is 1. The zero-order valence-electron chi connectivity index (χ0n) is 12.5. The van der Waals surface area contributed by atoms with Crippen molar-refractivity contribution < 1.29 is 22.7 Å². The van der Waals surface area contributed by atoms with Gasteiger partial charge in [-0.15, -0.1) is 0 Å². The number of nitrogens with one attached hydrogen (secondary N) is 1. The summed E-state index contributed by atoms with van der Waals surface area (Å²) in [7, 11) is 0. The van der Waals surface area contributed by atoms with E-state index < -0.39 is 17.2 Å². The summed E-state index contributed by atoms with van der Waals surface area (Å²) in [6.45, 7) is 5.01. The molecule has 0 aliphatic rings. The van der Waals surface area contributed by atoms with Crippen molar-refractivity contribution >= 4 is 45.0 Å². The first-order valence-electron chi connectivity index (χ1n) is 6.51. The van der Waals surface area contributed by atoms with E-state index in [4.69, 9.17) is 4.74 Å². The number of nitrogens with zero attached hydrogens (tertiary/aromatic N) is 1. The SMILES string of the molecule is CC(C)(C)OC(=O)Nc1cc2c(Br)cccn2c1SC(F)(F)F. The van der Waals surface area contributed by atoms with Crippen molar-refractivity contribution in [3.05, 3.63) is 28.9 Å². The van der Waals surface area contributed by atoms with Crippen molar-refractivity contribution in [2.45, 2.75) is 36.9 Å². The predicted molar refractivity (Wildman–Crippen MR) is 86.9 cm³/mol. The van der Waals surface area contributed by atoms with E-state index in [1.165, 1.54) is 16.7 Å². The molecule has 2 rings (SSSR count). The third kappa shape index (κ3) is 4.81. The molecule has 0 spiro atoms. The Kier molecular flexibility index (Phi) is 4.91. The first kappa shape index (κ1) is 18.0. The highest BCUT2D eigenvalue weighted by atomic mass is 79.9. The van der Waals surface area contributed by atoms with E-state index in [9.17, 15) is 18.0 Å². The van der Waals surface area contributed by atoms with Crippen LogP contribution in [0.2, 0.25) is 0 Å². The Morgan fingerprint density at radius 1 is 1.35 bits per heavy atom. The van der Waals surface area contributed by atoms with Crippen molar-refractivity contribution in [1.82, 2.24) is 4.40 Å². The number of rotatable bonds is 2. The van der Waals surface area contributed by atoms with Crippen molar-refractivity contribution in [3.8, 4) is 0 Å². The zero-order valence-corrected chi connectivity index (χ0v) is 14.9. The normalized spacial score (nSPS) is 12.5. The fourth-order valence-corrected chi connectivity index (χ4v) is 3.01. The molecular formula is C14H14BrF3N2O2S. The van der Waals surface area contributed by atoms with E-state index in [1.54, 1.807) is 32.9 Å². The third-order valence-corrected chi connectivity index (χ3v) is 4.07. The van der Waals surface area contributed by atoms with Gasteiger partial charge < -0.3 is 9.14 Å². The number of halogens is 4. The molecule has 0 atom stereocenters. The van der Waals surface area contributed by atoms with Gasteiger partial charge in [0.05, 0.1) is 11.2 Å². The number of thioether (sulfide) groups is 1. The summed E-state index contributed by atoms with van der Waals surface area (Å²) >= 11 is 2.99. The summed E-state index contributed by atoms with van der Waals surface area (Å²) in [4.78, 5) is 11.9. The number of pyridine rings is 1. The van der Waals surface area contributed by atoms with E-state index in [-0.39, 0.29) is 22.5 Å². The Labute approximate surface area is 143 Å². The monoisotopic (exact) mass is 410 g/mol. The molecule has 0 fully saturated rings. The highest BCUT2D eigenvalue weighted by molar-refractivity contribution is 9.10. The fourth-order valence-electron chi connectivity index (χ4n) is 1.86. The average molecular weight is 411 g/mol. The molecule has 0 aromatic carbocycles. The van der Waals surface area contributed by atoms with Gasteiger partial charge in [0.1, 0.15) is 10.6 Å². The van der Waals surface area contributed by atoms with E-state index in [2.05, 4.69) is 21.2 Å². The van der Waals surface area contributed by atoms with Crippen LogP contribution in [0.15, 0.2) is 33.9 Å². The maximum atomic E-state index is 12.8. The van der Waals surface area contributed by atoms with Crippen LogP contribution in [0.5, 0.6) is 0 Å². The largest absolute Gasteiger partial charge is 0.447 e. The highest BCUT2D eigenvalue weighted by Gasteiger charge is 2.33. The van der Waals surface area contributed by atoms with Gasteiger partial charge in [-0.25, -0.2) is 4.79 Å². The molecular weight excluding hydrogens is 397 g/mol. The number of anilines is 1. The Balaban J connectivity index is 2.43. The molecule has 1 amide bonds. The molecule has 0 saturated carbocycles. The van der Waals surface area contributed by atoms with E-state index in [0.717, 1.165) is 0 Å². The maximum absolute atomic E-state index is 12.8. The first-order chi connectivity index (χ1) is 10.5. The summed E-state index contributed by atoms with van der Waals surface area (Å²) in [6.07, 6.45) is 0.683. The second-order valence-corrected chi connectivity index (χ2v) is 7.56. The second kappa shape index (κ2) is 6.27. The number of fused-ring (bicyclic) bond motifs is 1. The van der Waals surface area contributed by atoms with Gasteiger partial charge in [-0.1, -0.05) is 0 Å². The molecule has 4 nitrogen and oxygen atoms in total. The lowest BCUT2D eigenvalue weighted by Crippen LogP contribution is -2.27. The summed E-state index contributed by atoms with van der Waals surface area (Å²) in [5, 5.41) is 2.24. The number of ether oxygens (including phenoxy) is 1. The molecule has 0 bridgehead atoms. The lowest BCUT2D eigenvalue weighted by molar-refractivity contribution is -0.0329. The minimum absolute atomic E-state index is 0.0356. The van der Waals surface area contributed by atoms with Crippen LogP contribution in [0, 0.1) is 0 Å². The van der Waals surface area contributed by atoms with Gasteiger partial charge in [-0.3, -0.25) is 5.32 Å². The molecule has 1 N–H and O–H groups in total. The highest BCUT2D eigenvalue weighted by Crippen LogP contribution is 2.43. The van der Waals surface area contributed by atoms with Crippen molar-refractivity contribution in [3.63, 3.8) is 0 Å². The number of hydrogen-bond donors (Lipinski definition) is 1. The fraction of sp³-hybridized carbons (Fsp3) is 0.357. The van der Waals surface area contributed by atoms with Gasteiger partial charge in [0.25, 0.3) is 0 Å². The molecule has 2 aromatic rings. The zero-order chi connectivity index (χ0) is 17.4. The smallest absolute Gasteiger partial charge is 0.444 e.